The zero-order chi connectivity index (χ0) is 15.6. The van der Waals surface area contributed by atoms with Gasteiger partial charge in [-0.1, -0.05) is 12.1 Å². The molecule has 3 heterocycles. The van der Waals surface area contributed by atoms with Gasteiger partial charge in [-0.15, -0.1) is 0 Å². The average molecular weight is 311 g/mol. The van der Waals surface area contributed by atoms with E-state index in [0.717, 1.165) is 55.9 Å². The van der Waals surface area contributed by atoms with Crippen LogP contribution in [0.1, 0.15) is 12.8 Å². The molecule has 1 N–H and O–H groups in total. The summed E-state index contributed by atoms with van der Waals surface area (Å²) in [6, 6.07) is 7.73. The predicted octanol–water partition coefficient (Wildman–Crippen LogP) is 1.03. The summed E-state index contributed by atoms with van der Waals surface area (Å²) in [5, 5.41) is 3.35. The monoisotopic (exact) mass is 311 g/mol. The maximum Gasteiger partial charge on any atom is 0.241 e. The number of hydrogen-bond donors (Lipinski definition) is 1. The highest BCUT2D eigenvalue weighted by Crippen LogP contribution is 2.18. The quantitative estimate of drug-likeness (QED) is 0.897. The summed E-state index contributed by atoms with van der Waals surface area (Å²) in [6.07, 6.45) is 4.06. The van der Waals surface area contributed by atoms with Gasteiger partial charge in [0.15, 0.2) is 0 Å². The number of piperazine rings is 1. The van der Waals surface area contributed by atoms with Gasteiger partial charge in [-0.3, -0.25) is 9.78 Å². The molecule has 0 spiro atoms. The van der Waals surface area contributed by atoms with Crippen LogP contribution in [0.3, 0.4) is 0 Å². The third-order valence-corrected chi connectivity index (χ3v) is 4.65. The number of fused-ring (bicyclic) bond motifs is 1. The van der Waals surface area contributed by atoms with E-state index >= 15 is 0 Å². The molecule has 23 heavy (non-hydrogen) atoms. The molecule has 1 aromatic carbocycles. The van der Waals surface area contributed by atoms with Crippen molar-refractivity contribution in [3.05, 3.63) is 30.5 Å². The lowest BCUT2D eigenvalue weighted by atomic mass is 10.2. The SMILES string of the molecule is O=C([C@@H]1CN(c2cnc3ccccc3n2)CCN1)N1CCCC1. The van der Waals surface area contributed by atoms with Crippen LogP contribution < -0.4 is 10.2 Å². The number of likely N-dealkylation sites (tertiary alicyclic amines) is 1. The molecule has 4 rings (SSSR count). The van der Waals surface area contributed by atoms with E-state index in [1.54, 1.807) is 0 Å². The van der Waals surface area contributed by atoms with Gasteiger partial charge in [0, 0.05) is 32.7 Å². The largest absolute Gasteiger partial charge is 0.352 e. The molecule has 1 aromatic heterocycles. The standard InChI is InChI=1S/C17H21N5O/c23-17(21-8-3-4-9-21)15-12-22(10-7-18-15)16-11-19-13-5-1-2-6-14(13)20-16/h1-2,5-6,11,15,18H,3-4,7-10,12H2/t15-/m0/s1. The van der Waals surface area contributed by atoms with E-state index in [-0.39, 0.29) is 11.9 Å². The molecule has 6 nitrogen and oxygen atoms in total. The molecule has 1 atom stereocenters. The second-order valence-corrected chi connectivity index (χ2v) is 6.20. The maximum atomic E-state index is 12.6. The lowest BCUT2D eigenvalue weighted by Crippen LogP contribution is -2.57. The topological polar surface area (TPSA) is 61.4 Å². The van der Waals surface area contributed by atoms with Gasteiger partial charge in [0.05, 0.1) is 17.2 Å². The number of rotatable bonds is 2. The van der Waals surface area contributed by atoms with Crippen LogP contribution in [0, 0.1) is 0 Å². The van der Waals surface area contributed by atoms with E-state index in [9.17, 15) is 4.79 Å². The van der Waals surface area contributed by atoms with Crippen LogP contribution in [0.5, 0.6) is 0 Å². The van der Waals surface area contributed by atoms with Crippen molar-refractivity contribution < 1.29 is 4.79 Å². The summed E-state index contributed by atoms with van der Waals surface area (Å²) in [4.78, 5) is 25.9. The summed E-state index contributed by atoms with van der Waals surface area (Å²) < 4.78 is 0. The molecule has 120 valence electrons. The zero-order valence-electron chi connectivity index (χ0n) is 13.1. The highest BCUT2D eigenvalue weighted by Gasteiger charge is 2.30. The minimum Gasteiger partial charge on any atom is -0.352 e. The fourth-order valence-corrected chi connectivity index (χ4v) is 3.38. The van der Waals surface area contributed by atoms with Crippen molar-refractivity contribution in [1.82, 2.24) is 20.2 Å². The molecule has 2 saturated heterocycles. The van der Waals surface area contributed by atoms with Crippen molar-refractivity contribution in [2.75, 3.05) is 37.6 Å². The second kappa shape index (κ2) is 6.12. The van der Waals surface area contributed by atoms with Gasteiger partial charge in [-0.2, -0.15) is 0 Å². The van der Waals surface area contributed by atoms with E-state index in [0.29, 0.717) is 6.54 Å². The highest BCUT2D eigenvalue weighted by molar-refractivity contribution is 5.83. The smallest absolute Gasteiger partial charge is 0.241 e. The lowest BCUT2D eigenvalue weighted by molar-refractivity contribution is -0.132. The number of carbonyl (C=O) groups is 1. The molecule has 2 aliphatic heterocycles. The molecule has 1 amide bonds. The summed E-state index contributed by atoms with van der Waals surface area (Å²) in [5.41, 5.74) is 1.79. The molecule has 0 aliphatic carbocycles. The molecule has 0 saturated carbocycles. The van der Waals surface area contributed by atoms with Crippen LogP contribution >= 0.6 is 0 Å². The molecular weight excluding hydrogens is 290 g/mol. The van der Waals surface area contributed by atoms with Crippen molar-refractivity contribution in [3.8, 4) is 0 Å². The average Bonchev–Trinajstić information content (AvgIpc) is 3.15. The van der Waals surface area contributed by atoms with Crippen molar-refractivity contribution in [2.24, 2.45) is 0 Å². The molecule has 6 heteroatoms. The first kappa shape index (κ1) is 14.4. The predicted molar refractivity (Wildman–Crippen MR) is 89.4 cm³/mol. The van der Waals surface area contributed by atoms with Crippen molar-refractivity contribution in [3.63, 3.8) is 0 Å². The molecule has 2 fully saturated rings. The van der Waals surface area contributed by atoms with Gasteiger partial charge in [0.2, 0.25) is 5.91 Å². The van der Waals surface area contributed by atoms with E-state index in [1.165, 1.54) is 0 Å². The minimum atomic E-state index is -0.143. The third kappa shape index (κ3) is 2.86. The number of nitrogens with zero attached hydrogens (tertiary/aromatic N) is 4. The molecule has 2 aromatic rings. The van der Waals surface area contributed by atoms with Crippen LogP contribution in [-0.2, 0) is 4.79 Å². The van der Waals surface area contributed by atoms with Gasteiger partial charge in [-0.25, -0.2) is 4.98 Å². The van der Waals surface area contributed by atoms with Crippen molar-refractivity contribution in [2.45, 2.75) is 18.9 Å². The van der Waals surface area contributed by atoms with Crippen molar-refractivity contribution >= 4 is 22.8 Å². The number of carbonyl (C=O) groups excluding carboxylic acids is 1. The van der Waals surface area contributed by atoms with E-state index in [2.05, 4.69) is 15.2 Å². The lowest BCUT2D eigenvalue weighted by Gasteiger charge is -2.35. The van der Waals surface area contributed by atoms with Gasteiger partial charge in [0.1, 0.15) is 11.9 Å². The van der Waals surface area contributed by atoms with Gasteiger partial charge >= 0.3 is 0 Å². The Morgan fingerprint density at radius 2 is 1.91 bits per heavy atom. The Labute approximate surface area is 135 Å². The summed E-state index contributed by atoms with van der Waals surface area (Å²) in [6.45, 7) is 4.08. The van der Waals surface area contributed by atoms with Gasteiger partial charge in [-0.05, 0) is 25.0 Å². The van der Waals surface area contributed by atoms with Crippen LogP contribution in [0.4, 0.5) is 5.82 Å². The first-order chi connectivity index (χ1) is 11.3. The fourth-order valence-electron chi connectivity index (χ4n) is 3.38. The second-order valence-electron chi connectivity index (χ2n) is 6.20. The molecule has 0 unspecified atom stereocenters. The Balaban J connectivity index is 1.52. The van der Waals surface area contributed by atoms with Gasteiger partial charge in [0.25, 0.3) is 0 Å². The summed E-state index contributed by atoms with van der Waals surface area (Å²) in [5.74, 6) is 1.07. The van der Waals surface area contributed by atoms with Crippen LogP contribution in [0.2, 0.25) is 0 Å². The van der Waals surface area contributed by atoms with Crippen molar-refractivity contribution in [1.29, 1.82) is 0 Å². The first-order valence-corrected chi connectivity index (χ1v) is 8.30. The first-order valence-electron chi connectivity index (χ1n) is 8.30. The van der Waals surface area contributed by atoms with Crippen LogP contribution in [0.15, 0.2) is 30.5 Å². The van der Waals surface area contributed by atoms with E-state index < -0.39 is 0 Å². The zero-order valence-corrected chi connectivity index (χ0v) is 13.1. The Hall–Kier alpha value is -2.21. The van der Waals surface area contributed by atoms with E-state index in [1.807, 2.05) is 35.4 Å². The molecular formula is C17H21N5O. The molecule has 0 bridgehead atoms. The Morgan fingerprint density at radius 3 is 2.74 bits per heavy atom. The van der Waals surface area contributed by atoms with Crippen LogP contribution in [0.25, 0.3) is 11.0 Å². The van der Waals surface area contributed by atoms with Gasteiger partial charge < -0.3 is 15.1 Å². The maximum absolute atomic E-state index is 12.6. The minimum absolute atomic E-state index is 0.143. The summed E-state index contributed by atoms with van der Waals surface area (Å²) in [7, 11) is 0. The van der Waals surface area contributed by atoms with E-state index in [4.69, 9.17) is 4.98 Å². The number of benzene rings is 1. The summed E-state index contributed by atoms with van der Waals surface area (Å²) >= 11 is 0. The normalized spacial score (nSPS) is 21.8. The Morgan fingerprint density at radius 1 is 1.13 bits per heavy atom. The molecule has 2 aliphatic rings. The number of amides is 1. The fraction of sp³-hybridized carbons (Fsp3) is 0.471. The Kier molecular flexibility index (Phi) is 3.83. The highest BCUT2D eigenvalue weighted by atomic mass is 16.2. The third-order valence-electron chi connectivity index (χ3n) is 4.65. The molecule has 0 radical (unpaired) electrons. The number of nitrogens with one attached hydrogen (secondary N) is 1. The number of para-hydroxylation sites is 2. The number of anilines is 1. The Bertz CT molecular complexity index is 713. The number of aromatic nitrogens is 2. The number of hydrogen-bond acceptors (Lipinski definition) is 5. The van der Waals surface area contributed by atoms with Crippen LogP contribution in [-0.4, -0.2) is 59.5 Å².